The van der Waals surface area contributed by atoms with Crippen molar-refractivity contribution < 1.29 is 9.90 Å². The zero-order valence-electron chi connectivity index (χ0n) is 10.9. The van der Waals surface area contributed by atoms with Crippen LogP contribution in [0.15, 0.2) is 28.7 Å². The molecule has 0 unspecified atom stereocenters. The molecule has 0 atom stereocenters. The van der Waals surface area contributed by atoms with Gasteiger partial charge < -0.3 is 5.11 Å². The number of aromatic carboxylic acids is 1. The summed E-state index contributed by atoms with van der Waals surface area (Å²) in [4.78, 5) is 16.4. The van der Waals surface area contributed by atoms with Gasteiger partial charge in [-0.3, -0.25) is 0 Å². The maximum absolute atomic E-state index is 11.4. The molecule has 1 aromatic carbocycles. The monoisotopic (exact) mass is 339 g/mol. The summed E-state index contributed by atoms with van der Waals surface area (Å²) < 4.78 is 0.923. The fourth-order valence-electron chi connectivity index (χ4n) is 1.61. The van der Waals surface area contributed by atoms with Crippen LogP contribution in [-0.4, -0.2) is 16.1 Å². The molecule has 0 aliphatic carbocycles. The van der Waals surface area contributed by atoms with Crippen LogP contribution in [-0.2, 0) is 5.41 Å². The van der Waals surface area contributed by atoms with E-state index < -0.39 is 5.97 Å². The van der Waals surface area contributed by atoms with Crippen LogP contribution in [0.5, 0.6) is 0 Å². The standard InChI is InChI=1S/C14H14BrNO2S/c1-14(2,3)13-16-10(12(17)18)11(19-13)8-5-4-6-9(15)7-8/h4-7H,1-3H3,(H,17,18). The Morgan fingerprint density at radius 1 is 1.37 bits per heavy atom. The Kier molecular flexibility index (Phi) is 3.78. The topological polar surface area (TPSA) is 50.2 Å². The van der Waals surface area contributed by atoms with Crippen molar-refractivity contribution in [2.45, 2.75) is 26.2 Å². The number of benzene rings is 1. The van der Waals surface area contributed by atoms with E-state index in [1.807, 2.05) is 45.0 Å². The second kappa shape index (κ2) is 5.06. The number of nitrogens with zero attached hydrogens (tertiary/aromatic N) is 1. The van der Waals surface area contributed by atoms with E-state index in [2.05, 4.69) is 20.9 Å². The van der Waals surface area contributed by atoms with Gasteiger partial charge in [0, 0.05) is 9.89 Å². The highest BCUT2D eigenvalue weighted by Gasteiger charge is 2.25. The molecule has 0 spiro atoms. The zero-order valence-corrected chi connectivity index (χ0v) is 13.3. The lowest BCUT2D eigenvalue weighted by atomic mass is 9.98. The largest absolute Gasteiger partial charge is 0.476 e. The average molecular weight is 340 g/mol. The first kappa shape index (κ1) is 14.2. The third-order valence-corrected chi connectivity index (χ3v) is 4.58. The van der Waals surface area contributed by atoms with Gasteiger partial charge in [-0.25, -0.2) is 9.78 Å². The zero-order chi connectivity index (χ0) is 14.2. The maximum Gasteiger partial charge on any atom is 0.356 e. The van der Waals surface area contributed by atoms with Crippen molar-refractivity contribution in [3.05, 3.63) is 39.4 Å². The van der Waals surface area contributed by atoms with Gasteiger partial charge in [-0.15, -0.1) is 11.3 Å². The highest BCUT2D eigenvalue weighted by Crippen LogP contribution is 2.36. The summed E-state index contributed by atoms with van der Waals surface area (Å²) >= 11 is 4.85. The second-order valence-electron chi connectivity index (χ2n) is 5.26. The van der Waals surface area contributed by atoms with Crippen molar-refractivity contribution in [3.63, 3.8) is 0 Å². The number of aromatic nitrogens is 1. The molecular weight excluding hydrogens is 326 g/mol. The molecule has 0 radical (unpaired) electrons. The fourth-order valence-corrected chi connectivity index (χ4v) is 3.12. The number of thiazole rings is 1. The molecule has 2 rings (SSSR count). The second-order valence-corrected chi connectivity index (χ2v) is 7.18. The summed E-state index contributed by atoms with van der Waals surface area (Å²) in [6.45, 7) is 6.09. The highest BCUT2D eigenvalue weighted by atomic mass is 79.9. The number of carboxylic acid groups (broad SMARTS) is 1. The fraction of sp³-hybridized carbons (Fsp3) is 0.286. The van der Waals surface area contributed by atoms with Gasteiger partial charge in [-0.05, 0) is 17.7 Å². The molecule has 1 N–H and O–H groups in total. The number of rotatable bonds is 2. The van der Waals surface area contributed by atoms with E-state index in [4.69, 9.17) is 0 Å². The van der Waals surface area contributed by atoms with Gasteiger partial charge in [-0.1, -0.05) is 48.8 Å². The summed E-state index contributed by atoms with van der Waals surface area (Å²) in [6, 6.07) is 7.61. The van der Waals surface area contributed by atoms with Gasteiger partial charge in [0.2, 0.25) is 0 Å². The first-order valence-electron chi connectivity index (χ1n) is 5.79. The number of carboxylic acids is 1. The summed E-state index contributed by atoms with van der Waals surface area (Å²) in [5.74, 6) is -0.985. The summed E-state index contributed by atoms with van der Waals surface area (Å²) in [6.07, 6.45) is 0. The molecule has 0 fully saturated rings. The quantitative estimate of drug-likeness (QED) is 0.871. The van der Waals surface area contributed by atoms with Gasteiger partial charge in [0.15, 0.2) is 5.69 Å². The summed E-state index contributed by atoms with van der Waals surface area (Å²) in [5, 5.41) is 10.1. The number of halogens is 1. The lowest BCUT2D eigenvalue weighted by molar-refractivity contribution is 0.0692. The Hall–Kier alpha value is -1.20. The highest BCUT2D eigenvalue weighted by molar-refractivity contribution is 9.10. The molecule has 1 aromatic heterocycles. The minimum atomic E-state index is -0.985. The smallest absolute Gasteiger partial charge is 0.356 e. The number of hydrogen-bond acceptors (Lipinski definition) is 3. The van der Waals surface area contributed by atoms with Crippen molar-refractivity contribution in [2.75, 3.05) is 0 Å². The molecule has 2 aromatic rings. The molecule has 0 bridgehead atoms. The average Bonchev–Trinajstić information content (AvgIpc) is 2.73. The molecule has 19 heavy (non-hydrogen) atoms. The predicted octanol–water partition coefficient (Wildman–Crippen LogP) is 4.57. The molecule has 0 saturated carbocycles. The van der Waals surface area contributed by atoms with Crippen LogP contribution in [0.2, 0.25) is 0 Å². The lowest BCUT2D eigenvalue weighted by Gasteiger charge is -2.13. The SMILES string of the molecule is CC(C)(C)c1nc(C(=O)O)c(-c2cccc(Br)c2)s1. The van der Waals surface area contributed by atoms with E-state index >= 15 is 0 Å². The number of hydrogen-bond donors (Lipinski definition) is 1. The van der Waals surface area contributed by atoms with Crippen LogP contribution >= 0.6 is 27.3 Å². The van der Waals surface area contributed by atoms with Crippen LogP contribution in [0.25, 0.3) is 10.4 Å². The molecule has 1 heterocycles. The van der Waals surface area contributed by atoms with E-state index in [0.717, 1.165) is 15.0 Å². The van der Waals surface area contributed by atoms with E-state index in [-0.39, 0.29) is 11.1 Å². The first-order chi connectivity index (χ1) is 8.79. The van der Waals surface area contributed by atoms with E-state index in [9.17, 15) is 9.90 Å². The van der Waals surface area contributed by atoms with Gasteiger partial charge >= 0.3 is 5.97 Å². The lowest BCUT2D eigenvalue weighted by Crippen LogP contribution is -2.11. The van der Waals surface area contributed by atoms with Gasteiger partial charge in [0.05, 0.1) is 9.88 Å². The minimum Gasteiger partial charge on any atom is -0.476 e. The van der Waals surface area contributed by atoms with Crippen LogP contribution in [0.4, 0.5) is 0 Å². The molecule has 0 saturated heterocycles. The van der Waals surface area contributed by atoms with E-state index in [1.165, 1.54) is 11.3 Å². The van der Waals surface area contributed by atoms with Crippen LogP contribution in [0.3, 0.4) is 0 Å². The van der Waals surface area contributed by atoms with Crippen molar-refractivity contribution in [1.29, 1.82) is 0 Å². The van der Waals surface area contributed by atoms with Crippen molar-refractivity contribution in [2.24, 2.45) is 0 Å². The molecule has 0 aliphatic rings. The Labute approximate surface area is 124 Å². The van der Waals surface area contributed by atoms with E-state index in [0.29, 0.717) is 4.88 Å². The Morgan fingerprint density at radius 2 is 2.05 bits per heavy atom. The van der Waals surface area contributed by atoms with Gasteiger partial charge in [0.25, 0.3) is 0 Å². The normalized spacial score (nSPS) is 11.6. The molecule has 100 valence electrons. The Bertz CT molecular complexity index is 629. The van der Waals surface area contributed by atoms with Crippen LogP contribution in [0.1, 0.15) is 36.3 Å². The summed E-state index contributed by atoms with van der Waals surface area (Å²) in [5.41, 5.74) is 0.854. The van der Waals surface area contributed by atoms with Gasteiger partial charge in [0.1, 0.15) is 0 Å². The van der Waals surface area contributed by atoms with Crippen molar-refractivity contribution in [3.8, 4) is 10.4 Å². The first-order valence-corrected chi connectivity index (χ1v) is 7.40. The molecule has 5 heteroatoms. The van der Waals surface area contributed by atoms with Crippen molar-refractivity contribution in [1.82, 2.24) is 4.98 Å². The minimum absolute atomic E-state index is 0.132. The summed E-state index contributed by atoms with van der Waals surface area (Å²) in [7, 11) is 0. The maximum atomic E-state index is 11.4. The van der Waals surface area contributed by atoms with Crippen molar-refractivity contribution >= 4 is 33.2 Å². The van der Waals surface area contributed by atoms with E-state index in [1.54, 1.807) is 0 Å². The molecular formula is C14H14BrNO2S. The Morgan fingerprint density at radius 3 is 2.58 bits per heavy atom. The predicted molar refractivity (Wildman–Crippen MR) is 80.9 cm³/mol. The number of carbonyl (C=O) groups is 1. The molecule has 0 aliphatic heterocycles. The third kappa shape index (κ3) is 3.04. The third-order valence-electron chi connectivity index (χ3n) is 2.56. The van der Waals surface area contributed by atoms with Crippen LogP contribution in [0, 0.1) is 0 Å². The van der Waals surface area contributed by atoms with Gasteiger partial charge in [-0.2, -0.15) is 0 Å². The molecule has 0 amide bonds. The van der Waals surface area contributed by atoms with Crippen LogP contribution < -0.4 is 0 Å². The Balaban J connectivity index is 2.62. The molecule has 3 nitrogen and oxygen atoms in total.